The van der Waals surface area contributed by atoms with E-state index in [9.17, 15) is 0 Å². The van der Waals surface area contributed by atoms with Gasteiger partial charge in [-0.2, -0.15) is 0 Å². The molecule has 4 nitrogen and oxygen atoms in total. The number of nitrogens with two attached hydrogens (primary N) is 1. The normalized spacial score (nSPS) is 33.2. The molecule has 2 N–H and O–H groups in total. The van der Waals surface area contributed by atoms with Gasteiger partial charge in [0.2, 0.25) is 0 Å². The van der Waals surface area contributed by atoms with E-state index in [0.29, 0.717) is 18.1 Å². The standard InChI is InChI=1S/C13H21N3O/c1-16-7-6-15-13(16)5-3-11(14)10-8-9-2-4-12(10)17-9/h6-7,9-12H,2-5,8,14H2,1H3. The lowest BCUT2D eigenvalue weighted by atomic mass is 9.82. The molecule has 4 heteroatoms. The molecule has 4 atom stereocenters. The van der Waals surface area contributed by atoms with Gasteiger partial charge in [0.15, 0.2) is 0 Å². The minimum atomic E-state index is 0.266. The Morgan fingerprint density at radius 3 is 3.06 bits per heavy atom. The Hall–Kier alpha value is -0.870. The van der Waals surface area contributed by atoms with Gasteiger partial charge in [-0.25, -0.2) is 4.98 Å². The van der Waals surface area contributed by atoms with Gasteiger partial charge in [0.05, 0.1) is 12.2 Å². The van der Waals surface area contributed by atoms with Crippen LogP contribution in [0.1, 0.15) is 31.5 Å². The quantitative estimate of drug-likeness (QED) is 0.854. The lowest BCUT2D eigenvalue weighted by Gasteiger charge is -2.25. The second kappa shape index (κ2) is 4.42. The molecule has 94 valence electrons. The lowest BCUT2D eigenvalue weighted by molar-refractivity contribution is 0.0879. The van der Waals surface area contributed by atoms with Gasteiger partial charge in [-0.05, 0) is 25.7 Å². The predicted octanol–water partition coefficient (Wildman–Crippen LogP) is 1.25. The van der Waals surface area contributed by atoms with Crippen LogP contribution < -0.4 is 5.73 Å². The second-order valence-electron chi connectivity index (χ2n) is 5.43. The molecule has 0 radical (unpaired) electrons. The summed E-state index contributed by atoms with van der Waals surface area (Å²) in [5.74, 6) is 1.71. The highest BCUT2D eigenvalue weighted by Crippen LogP contribution is 2.40. The molecule has 0 spiro atoms. The Balaban J connectivity index is 1.54. The summed E-state index contributed by atoms with van der Waals surface area (Å²) in [7, 11) is 2.04. The van der Waals surface area contributed by atoms with Crippen LogP contribution in [0.15, 0.2) is 12.4 Å². The zero-order valence-electron chi connectivity index (χ0n) is 10.4. The third-order valence-corrected chi connectivity index (χ3v) is 4.33. The first kappa shape index (κ1) is 11.2. The molecule has 0 saturated carbocycles. The Morgan fingerprint density at radius 1 is 1.59 bits per heavy atom. The first-order valence-corrected chi connectivity index (χ1v) is 6.61. The maximum Gasteiger partial charge on any atom is 0.108 e. The number of fused-ring (bicyclic) bond motifs is 2. The summed E-state index contributed by atoms with van der Waals surface area (Å²) in [6.45, 7) is 0. The van der Waals surface area contributed by atoms with Crippen molar-refractivity contribution in [1.82, 2.24) is 9.55 Å². The number of ether oxygens (including phenoxy) is 1. The Bertz CT molecular complexity index is 390. The van der Waals surface area contributed by atoms with Crippen molar-refractivity contribution < 1.29 is 4.74 Å². The van der Waals surface area contributed by atoms with Crippen molar-refractivity contribution in [1.29, 1.82) is 0 Å². The fourth-order valence-electron chi connectivity index (χ4n) is 3.27. The van der Waals surface area contributed by atoms with Crippen molar-refractivity contribution in [2.24, 2.45) is 18.7 Å². The third kappa shape index (κ3) is 2.11. The van der Waals surface area contributed by atoms with E-state index in [1.807, 2.05) is 19.4 Å². The van der Waals surface area contributed by atoms with Gasteiger partial charge in [-0.15, -0.1) is 0 Å². The van der Waals surface area contributed by atoms with E-state index < -0.39 is 0 Å². The van der Waals surface area contributed by atoms with E-state index in [4.69, 9.17) is 10.5 Å². The van der Waals surface area contributed by atoms with Gasteiger partial charge in [-0.3, -0.25) is 0 Å². The molecule has 2 saturated heterocycles. The van der Waals surface area contributed by atoms with Crippen molar-refractivity contribution in [2.75, 3.05) is 0 Å². The molecule has 17 heavy (non-hydrogen) atoms. The van der Waals surface area contributed by atoms with E-state index in [1.54, 1.807) is 0 Å². The number of hydrogen-bond acceptors (Lipinski definition) is 3. The summed E-state index contributed by atoms with van der Waals surface area (Å²) in [6.07, 6.45) is 10.4. The Labute approximate surface area is 102 Å². The molecule has 2 bridgehead atoms. The molecular formula is C13H21N3O. The second-order valence-corrected chi connectivity index (χ2v) is 5.43. The molecule has 0 aromatic carbocycles. The first-order chi connectivity index (χ1) is 8.24. The molecule has 4 unspecified atom stereocenters. The maximum atomic E-state index is 6.32. The van der Waals surface area contributed by atoms with Crippen molar-refractivity contribution >= 4 is 0 Å². The average Bonchev–Trinajstić information content (AvgIpc) is 3.01. The van der Waals surface area contributed by atoms with Crippen molar-refractivity contribution in [3.8, 4) is 0 Å². The molecule has 1 aromatic rings. The highest BCUT2D eigenvalue weighted by atomic mass is 16.5. The zero-order chi connectivity index (χ0) is 11.8. The number of aromatic nitrogens is 2. The molecule has 3 heterocycles. The number of rotatable bonds is 4. The van der Waals surface area contributed by atoms with E-state index >= 15 is 0 Å². The van der Waals surface area contributed by atoms with E-state index in [1.165, 1.54) is 19.3 Å². The van der Waals surface area contributed by atoms with Gasteiger partial charge in [-0.1, -0.05) is 0 Å². The monoisotopic (exact) mass is 235 g/mol. The molecule has 2 aliphatic heterocycles. The summed E-state index contributed by atoms with van der Waals surface area (Å²) in [5, 5.41) is 0. The predicted molar refractivity (Wildman–Crippen MR) is 65.5 cm³/mol. The van der Waals surface area contributed by atoms with Crippen LogP contribution in [0.4, 0.5) is 0 Å². The van der Waals surface area contributed by atoms with Crippen molar-refractivity contribution in [3.05, 3.63) is 18.2 Å². The van der Waals surface area contributed by atoms with Crippen LogP contribution in [0.2, 0.25) is 0 Å². The van der Waals surface area contributed by atoms with Crippen molar-refractivity contribution in [3.63, 3.8) is 0 Å². The minimum Gasteiger partial charge on any atom is -0.375 e. The number of imidazole rings is 1. The maximum absolute atomic E-state index is 6.32. The molecule has 3 rings (SSSR count). The fraction of sp³-hybridized carbons (Fsp3) is 0.769. The minimum absolute atomic E-state index is 0.266. The van der Waals surface area contributed by atoms with Gasteiger partial charge >= 0.3 is 0 Å². The summed E-state index contributed by atoms with van der Waals surface area (Å²) in [5.41, 5.74) is 6.32. The number of hydrogen-bond donors (Lipinski definition) is 1. The van der Waals surface area contributed by atoms with Crippen LogP contribution in [0.5, 0.6) is 0 Å². The first-order valence-electron chi connectivity index (χ1n) is 6.61. The van der Waals surface area contributed by atoms with Gasteiger partial charge < -0.3 is 15.0 Å². The van der Waals surface area contributed by atoms with Crippen LogP contribution >= 0.6 is 0 Å². The lowest BCUT2D eigenvalue weighted by Crippen LogP contribution is -2.36. The Morgan fingerprint density at radius 2 is 2.47 bits per heavy atom. The highest BCUT2D eigenvalue weighted by molar-refractivity contribution is 4.97. The zero-order valence-corrected chi connectivity index (χ0v) is 10.4. The SMILES string of the molecule is Cn1ccnc1CCC(N)C1CC2CCC1O2. The molecule has 2 aliphatic rings. The van der Waals surface area contributed by atoms with Crippen LogP contribution in [0.25, 0.3) is 0 Å². The van der Waals surface area contributed by atoms with E-state index in [0.717, 1.165) is 18.7 Å². The smallest absolute Gasteiger partial charge is 0.108 e. The third-order valence-electron chi connectivity index (χ3n) is 4.33. The topological polar surface area (TPSA) is 53.1 Å². The van der Waals surface area contributed by atoms with Crippen LogP contribution in [-0.2, 0) is 18.2 Å². The van der Waals surface area contributed by atoms with Crippen molar-refractivity contribution in [2.45, 2.75) is 50.4 Å². The fourth-order valence-corrected chi connectivity index (χ4v) is 3.27. The average molecular weight is 235 g/mol. The van der Waals surface area contributed by atoms with Crippen LogP contribution in [0, 0.1) is 5.92 Å². The summed E-state index contributed by atoms with van der Waals surface area (Å²) >= 11 is 0. The molecular weight excluding hydrogens is 214 g/mol. The summed E-state index contributed by atoms with van der Waals surface area (Å²) in [6, 6.07) is 0.266. The van der Waals surface area contributed by atoms with Gasteiger partial charge in [0.25, 0.3) is 0 Å². The van der Waals surface area contributed by atoms with E-state index in [2.05, 4.69) is 9.55 Å². The molecule has 0 amide bonds. The van der Waals surface area contributed by atoms with Crippen LogP contribution in [-0.4, -0.2) is 27.8 Å². The van der Waals surface area contributed by atoms with Gasteiger partial charge in [0.1, 0.15) is 5.82 Å². The summed E-state index contributed by atoms with van der Waals surface area (Å²) in [4.78, 5) is 4.34. The van der Waals surface area contributed by atoms with Gasteiger partial charge in [0, 0.05) is 37.8 Å². The van der Waals surface area contributed by atoms with E-state index in [-0.39, 0.29) is 6.04 Å². The Kier molecular flexibility index (Phi) is 2.92. The molecule has 2 fully saturated rings. The largest absolute Gasteiger partial charge is 0.375 e. The highest BCUT2D eigenvalue weighted by Gasteiger charge is 2.43. The van der Waals surface area contributed by atoms with Crippen LogP contribution in [0.3, 0.4) is 0 Å². The number of aryl methyl sites for hydroxylation is 2. The summed E-state index contributed by atoms with van der Waals surface area (Å²) < 4.78 is 7.94. The number of nitrogens with zero attached hydrogens (tertiary/aromatic N) is 2. The molecule has 0 aliphatic carbocycles. The molecule has 1 aromatic heterocycles.